The Bertz CT molecular complexity index is 1140. The zero-order chi connectivity index (χ0) is 22.9. The van der Waals surface area contributed by atoms with Crippen LogP contribution in [0.15, 0.2) is 77.9 Å². The highest BCUT2D eigenvalue weighted by atomic mass is 16.6. The Hall–Kier alpha value is -4.53. The van der Waals surface area contributed by atoms with Gasteiger partial charge in [-0.25, -0.2) is 10.2 Å². The van der Waals surface area contributed by atoms with E-state index in [0.717, 1.165) is 5.56 Å². The number of nitro benzene ring substituents is 1. The zero-order valence-electron chi connectivity index (χ0n) is 17.1. The van der Waals surface area contributed by atoms with E-state index in [-0.39, 0.29) is 11.4 Å². The number of benzene rings is 3. The molecule has 0 bridgehead atoms. The van der Waals surface area contributed by atoms with E-state index in [1.165, 1.54) is 24.4 Å². The van der Waals surface area contributed by atoms with Crippen LogP contribution in [-0.4, -0.2) is 29.6 Å². The molecular formula is C23H19N3O6. The summed E-state index contributed by atoms with van der Waals surface area (Å²) in [7, 11) is 0. The van der Waals surface area contributed by atoms with Crippen molar-refractivity contribution in [3.63, 3.8) is 0 Å². The second-order valence-electron chi connectivity index (χ2n) is 6.63. The molecule has 0 aliphatic rings. The number of hydrogen-bond donors (Lipinski definition) is 1. The number of amides is 1. The summed E-state index contributed by atoms with van der Waals surface area (Å²) in [5.41, 5.74) is 4.19. The molecule has 162 valence electrons. The van der Waals surface area contributed by atoms with Crippen molar-refractivity contribution in [3.8, 4) is 11.5 Å². The normalized spacial score (nSPS) is 10.5. The summed E-state index contributed by atoms with van der Waals surface area (Å²) in [6, 6.07) is 19.4. The molecule has 0 heterocycles. The van der Waals surface area contributed by atoms with Crippen LogP contribution < -0.4 is 14.9 Å². The number of para-hydroxylation sites is 2. The van der Waals surface area contributed by atoms with Gasteiger partial charge < -0.3 is 9.47 Å². The third-order valence-corrected chi connectivity index (χ3v) is 4.20. The number of hydrogen-bond acceptors (Lipinski definition) is 7. The monoisotopic (exact) mass is 433 g/mol. The second kappa shape index (κ2) is 10.5. The fourth-order valence-electron chi connectivity index (χ4n) is 2.56. The van der Waals surface area contributed by atoms with E-state index >= 15 is 0 Å². The number of carbonyl (C=O) groups is 2. The molecule has 0 aliphatic carbocycles. The molecule has 0 aliphatic heterocycles. The maximum atomic E-state index is 12.1. The Morgan fingerprint density at radius 3 is 2.41 bits per heavy atom. The summed E-state index contributed by atoms with van der Waals surface area (Å²) in [6.07, 6.45) is 1.40. The van der Waals surface area contributed by atoms with E-state index in [4.69, 9.17) is 9.47 Å². The molecule has 1 amide bonds. The van der Waals surface area contributed by atoms with Gasteiger partial charge in [0.2, 0.25) is 0 Å². The quantitative estimate of drug-likeness (QED) is 0.190. The Morgan fingerprint density at radius 2 is 1.72 bits per heavy atom. The van der Waals surface area contributed by atoms with Crippen molar-refractivity contribution in [2.24, 2.45) is 5.10 Å². The number of nitrogens with zero attached hydrogens (tertiary/aromatic N) is 2. The molecule has 0 saturated heterocycles. The van der Waals surface area contributed by atoms with Gasteiger partial charge in [-0.15, -0.1) is 0 Å². The lowest BCUT2D eigenvalue weighted by molar-refractivity contribution is -0.385. The van der Waals surface area contributed by atoms with Crippen molar-refractivity contribution in [3.05, 3.63) is 99.6 Å². The first kappa shape index (κ1) is 22.2. The molecule has 0 spiro atoms. The number of esters is 1. The van der Waals surface area contributed by atoms with Gasteiger partial charge in [-0.05, 0) is 55.0 Å². The number of aryl methyl sites for hydroxylation is 1. The summed E-state index contributed by atoms with van der Waals surface area (Å²) >= 11 is 0. The van der Waals surface area contributed by atoms with Crippen LogP contribution in [0.1, 0.15) is 21.5 Å². The molecule has 0 saturated carbocycles. The molecule has 3 aromatic rings. The number of ether oxygens (including phenoxy) is 2. The van der Waals surface area contributed by atoms with E-state index in [1.54, 1.807) is 42.5 Å². The molecule has 0 fully saturated rings. The number of nitro groups is 1. The van der Waals surface area contributed by atoms with Gasteiger partial charge >= 0.3 is 11.7 Å². The zero-order valence-corrected chi connectivity index (χ0v) is 17.1. The van der Waals surface area contributed by atoms with Crippen molar-refractivity contribution in [2.75, 3.05) is 6.61 Å². The first-order valence-corrected chi connectivity index (χ1v) is 9.49. The number of nitrogens with one attached hydrogen (secondary N) is 1. The highest BCUT2D eigenvalue weighted by molar-refractivity contribution is 5.91. The van der Waals surface area contributed by atoms with Crippen LogP contribution in [-0.2, 0) is 4.79 Å². The third kappa shape index (κ3) is 6.23. The average Bonchev–Trinajstić information content (AvgIpc) is 2.79. The largest absolute Gasteiger partial charge is 0.477 e. The van der Waals surface area contributed by atoms with E-state index in [2.05, 4.69) is 10.5 Å². The number of hydrazone groups is 1. The second-order valence-corrected chi connectivity index (χ2v) is 6.63. The smallest absolute Gasteiger partial charge is 0.343 e. The maximum absolute atomic E-state index is 12.1. The van der Waals surface area contributed by atoms with Gasteiger partial charge in [0.15, 0.2) is 12.4 Å². The fraction of sp³-hybridized carbons (Fsp3) is 0.0870. The highest BCUT2D eigenvalue weighted by Gasteiger charge is 2.14. The standard InChI is InChI=1S/C23H19N3O6/c1-16-6-10-18(11-7-16)23(28)32-19-12-8-17(9-13-19)14-24-25-22(27)15-31-21-5-3-2-4-20(21)26(29)30/h2-14H,15H2,1H3,(H,25,27)/b24-14+. The predicted molar refractivity (Wildman–Crippen MR) is 117 cm³/mol. The Kier molecular flexibility index (Phi) is 7.26. The van der Waals surface area contributed by atoms with Crippen molar-refractivity contribution < 1.29 is 24.0 Å². The van der Waals surface area contributed by atoms with Gasteiger partial charge in [0.1, 0.15) is 5.75 Å². The number of carbonyl (C=O) groups excluding carboxylic acids is 2. The van der Waals surface area contributed by atoms with E-state index in [9.17, 15) is 19.7 Å². The molecule has 9 nitrogen and oxygen atoms in total. The maximum Gasteiger partial charge on any atom is 0.343 e. The molecule has 0 aromatic heterocycles. The van der Waals surface area contributed by atoms with Crippen LogP contribution in [0, 0.1) is 17.0 Å². The minimum absolute atomic E-state index is 0.00703. The van der Waals surface area contributed by atoms with Crippen LogP contribution in [0.5, 0.6) is 11.5 Å². The van der Waals surface area contributed by atoms with Crippen molar-refractivity contribution in [1.82, 2.24) is 5.43 Å². The van der Waals surface area contributed by atoms with Gasteiger partial charge in [-0.3, -0.25) is 14.9 Å². The molecular weight excluding hydrogens is 414 g/mol. The first-order chi connectivity index (χ1) is 15.4. The Labute approximate surface area is 183 Å². The first-order valence-electron chi connectivity index (χ1n) is 9.49. The van der Waals surface area contributed by atoms with Crippen LogP contribution in [0.4, 0.5) is 5.69 Å². The van der Waals surface area contributed by atoms with Crippen molar-refractivity contribution in [2.45, 2.75) is 6.92 Å². The SMILES string of the molecule is Cc1ccc(C(=O)Oc2ccc(/C=N/NC(=O)COc3ccccc3[N+](=O)[O-])cc2)cc1. The van der Waals surface area contributed by atoms with Crippen LogP contribution in [0.3, 0.4) is 0 Å². The molecule has 0 atom stereocenters. The lowest BCUT2D eigenvalue weighted by atomic mass is 10.1. The Balaban J connectivity index is 1.48. The Morgan fingerprint density at radius 1 is 1.03 bits per heavy atom. The minimum atomic E-state index is -0.590. The van der Waals surface area contributed by atoms with E-state index < -0.39 is 23.4 Å². The molecule has 3 aromatic carbocycles. The van der Waals surface area contributed by atoms with Gasteiger partial charge in [0.05, 0.1) is 16.7 Å². The van der Waals surface area contributed by atoms with E-state index in [1.807, 2.05) is 19.1 Å². The van der Waals surface area contributed by atoms with Crippen LogP contribution in [0.25, 0.3) is 0 Å². The summed E-state index contributed by atoms with van der Waals surface area (Å²) in [4.78, 5) is 34.3. The highest BCUT2D eigenvalue weighted by Crippen LogP contribution is 2.25. The summed E-state index contributed by atoms with van der Waals surface area (Å²) in [5, 5.41) is 14.7. The van der Waals surface area contributed by atoms with Crippen LogP contribution in [0.2, 0.25) is 0 Å². The molecule has 1 N–H and O–H groups in total. The molecule has 0 unspecified atom stereocenters. The van der Waals surface area contributed by atoms with Crippen LogP contribution >= 0.6 is 0 Å². The summed E-state index contributed by atoms with van der Waals surface area (Å²) in [5.74, 6) is -0.678. The number of rotatable bonds is 8. The fourth-order valence-corrected chi connectivity index (χ4v) is 2.56. The summed E-state index contributed by atoms with van der Waals surface area (Å²) in [6.45, 7) is 1.50. The summed E-state index contributed by atoms with van der Waals surface area (Å²) < 4.78 is 10.5. The third-order valence-electron chi connectivity index (χ3n) is 4.20. The van der Waals surface area contributed by atoms with Crippen molar-refractivity contribution in [1.29, 1.82) is 0 Å². The predicted octanol–water partition coefficient (Wildman–Crippen LogP) is 3.65. The molecule has 9 heteroatoms. The topological polar surface area (TPSA) is 120 Å². The average molecular weight is 433 g/mol. The van der Waals surface area contributed by atoms with Gasteiger partial charge in [0.25, 0.3) is 5.91 Å². The molecule has 32 heavy (non-hydrogen) atoms. The lowest BCUT2D eigenvalue weighted by Gasteiger charge is -2.05. The van der Waals surface area contributed by atoms with Gasteiger partial charge in [-0.1, -0.05) is 29.8 Å². The lowest BCUT2D eigenvalue weighted by Crippen LogP contribution is -2.24. The van der Waals surface area contributed by atoms with Crippen molar-refractivity contribution >= 4 is 23.8 Å². The van der Waals surface area contributed by atoms with Gasteiger partial charge in [-0.2, -0.15) is 5.10 Å². The molecule has 0 radical (unpaired) electrons. The minimum Gasteiger partial charge on any atom is -0.477 e. The van der Waals surface area contributed by atoms with Gasteiger partial charge in [0, 0.05) is 6.07 Å². The van der Waals surface area contributed by atoms with E-state index in [0.29, 0.717) is 16.9 Å². The molecule has 3 rings (SSSR count).